The highest BCUT2D eigenvalue weighted by Gasteiger charge is 2.36. The Morgan fingerprint density at radius 2 is 2.03 bits per heavy atom. The topological polar surface area (TPSA) is 75.0 Å². The number of hydrogen-bond acceptors (Lipinski definition) is 4. The van der Waals surface area contributed by atoms with E-state index < -0.39 is 0 Å². The summed E-state index contributed by atoms with van der Waals surface area (Å²) in [6.07, 6.45) is 6.90. The van der Waals surface area contributed by atoms with Gasteiger partial charge < -0.3 is 14.4 Å². The minimum absolute atomic E-state index is 0.0522. The molecule has 1 atom stereocenters. The zero-order valence-electron chi connectivity index (χ0n) is 16.6. The third kappa shape index (κ3) is 2.83. The van der Waals surface area contributed by atoms with Crippen molar-refractivity contribution in [1.82, 2.24) is 15.1 Å². The van der Waals surface area contributed by atoms with Gasteiger partial charge in [-0.15, -0.1) is 0 Å². The van der Waals surface area contributed by atoms with Crippen LogP contribution in [0.25, 0.3) is 22.4 Å². The number of carbonyl (C=O) groups is 1. The van der Waals surface area contributed by atoms with Crippen molar-refractivity contribution in [3.8, 4) is 11.5 Å². The third-order valence-electron chi connectivity index (χ3n) is 6.40. The van der Waals surface area contributed by atoms with Crippen LogP contribution >= 0.6 is 0 Å². The number of aryl methyl sites for hydroxylation is 1. The molecule has 0 radical (unpaired) electrons. The minimum atomic E-state index is -0.0522. The first-order valence-electron chi connectivity index (χ1n) is 10.6. The van der Waals surface area contributed by atoms with E-state index in [9.17, 15) is 4.79 Å². The molecular weight excluding hydrogens is 376 g/mol. The van der Waals surface area contributed by atoms with Crippen LogP contribution in [0.3, 0.4) is 0 Å². The molecule has 4 aromatic rings. The number of rotatable bonds is 3. The lowest BCUT2D eigenvalue weighted by Crippen LogP contribution is -2.26. The van der Waals surface area contributed by atoms with Gasteiger partial charge in [-0.25, -0.2) is 0 Å². The van der Waals surface area contributed by atoms with Crippen LogP contribution in [0.4, 0.5) is 5.69 Å². The zero-order valence-corrected chi connectivity index (χ0v) is 16.6. The lowest BCUT2D eigenvalue weighted by molar-refractivity contribution is -0.117. The fraction of sp³-hybridized carbons (Fsp3) is 0.292. The number of carbonyl (C=O) groups excluding carboxylic acids is 1. The van der Waals surface area contributed by atoms with Crippen molar-refractivity contribution < 1.29 is 9.32 Å². The Morgan fingerprint density at radius 3 is 3.00 bits per heavy atom. The summed E-state index contributed by atoms with van der Waals surface area (Å²) in [4.78, 5) is 22.6. The molecule has 0 saturated carbocycles. The van der Waals surface area contributed by atoms with Gasteiger partial charge in [0.1, 0.15) is 0 Å². The van der Waals surface area contributed by atoms with E-state index in [1.807, 2.05) is 35.4 Å². The first-order chi connectivity index (χ1) is 14.8. The predicted molar refractivity (Wildman–Crippen MR) is 114 cm³/mol. The number of nitrogens with one attached hydrogen (secondary N) is 1. The summed E-state index contributed by atoms with van der Waals surface area (Å²) in [5.41, 5.74) is 5.70. The summed E-state index contributed by atoms with van der Waals surface area (Å²) in [5.74, 6) is 1.18. The van der Waals surface area contributed by atoms with Gasteiger partial charge >= 0.3 is 0 Å². The maximum absolute atomic E-state index is 12.9. The number of benzene rings is 2. The van der Waals surface area contributed by atoms with Crippen molar-refractivity contribution in [3.63, 3.8) is 0 Å². The number of fused-ring (bicyclic) bond motifs is 2. The average Bonchev–Trinajstić information content (AvgIpc) is 3.52. The molecule has 1 unspecified atom stereocenters. The zero-order chi connectivity index (χ0) is 20.1. The molecular formula is C24H22N4O2. The van der Waals surface area contributed by atoms with Gasteiger partial charge in [0, 0.05) is 41.8 Å². The van der Waals surface area contributed by atoms with E-state index in [0.29, 0.717) is 24.7 Å². The molecule has 2 aromatic carbocycles. The standard InChI is InChI=1S/C24H22N4O2/c29-22-13-18(14-28(22)21-7-3-5-15-4-1-2-6-19(15)21)23-26-24(30-27-23)17-9-8-16-10-11-25-20(16)12-17/h3,5,7-12,18,25H,1-2,4,6,13-14H2. The smallest absolute Gasteiger partial charge is 0.258 e. The molecule has 1 aliphatic heterocycles. The molecule has 6 heteroatoms. The monoisotopic (exact) mass is 398 g/mol. The Hall–Kier alpha value is -3.41. The average molecular weight is 398 g/mol. The van der Waals surface area contributed by atoms with E-state index in [1.54, 1.807) is 0 Å². The Morgan fingerprint density at radius 1 is 1.10 bits per heavy atom. The first kappa shape index (κ1) is 17.4. The number of H-pyrrole nitrogens is 1. The molecule has 2 aromatic heterocycles. The van der Waals surface area contributed by atoms with E-state index in [1.165, 1.54) is 24.0 Å². The van der Waals surface area contributed by atoms with Crippen molar-refractivity contribution in [2.24, 2.45) is 0 Å². The van der Waals surface area contributed by atoms with Crippen molar-refractivity contribution in [3.05, 3.63) is 65.6 Å². The summed E-state index contributed by atoms with van der Waals surface area (Å²) < 4.78 is 5.55. The van der Waals surface area contributed by atoms with Crippen LogP contribution in [0.15, 0.2) is 53.2 Å². The van der Waals surface area contributed by atoms with Crippen molar-refractivity contribution >= 4 is 22.5 Å². The fourth-order valence-corrected chi connectivity index (χ4v) is 4.83. The number of hydrogen-bond donors (Lipinski definition) is 1. The van der Waals surface area contributed by atoms with Crippen LogP contribution in [0.5, 0.6) is 0 Å². The van der Waals surface area contributed by atoms with E-state index in [-0.39, 0.29) is 11.8 Å². The highest BCUT2D eigenvalue weighted by atomic mass is 16.5. The van der Waals surface area contributed by atoms with E-state index in [0.717, 1.165) is 35.0 Å². The summed E-state index contributed by atoms with van der Waals surface area (Å²) in [6.45, 7) is 0.601. The Balaban J connectivity index is 1.27. The molecule has 0 bridgehead atoms. The van der Waals surface area contributed by atoms with Crippen molar-refractivity contribution in [1.29, 1.82) is 0 Å². The van der Waals surface area contributed by atoms with Crippen LogP contribution in [0, 0.1) is 0 Å². The second kappa shape index (κ2) is 6.83. The second-order valence-electron chi connectivity index (χ2n) is 8.26. The molecule has 1 N–H and O–H groups in total. The number of aromatic amines is 1. The predicted octanol–water partition coefficient (Wildman–Crippen LogP) is 4.62. The number of amides is 1. The van der Waals surface area contributed by atoms with Crippen LogP contribution in [-0.4, -0.2) is 27.6 Å². The lowest BCUT2D eigenvalue weighted by Gasteiger charge is -2.25. The van der Waals surface area contributed by atoms with Gasteiger partial charge in [-0.2, -0.15) is 4.98 Å². The van der Waals surface area contributed by atoms with E-state index >= 15 is 0 Å². The normalized spacial score (nSPS) is 18.9. The van der Waals surface area contributed by atoms with Crippen LogP contribution in [0.1, 0.15) is 42.1 Å². The van der Waals surface area contributed by atoms with Gasteiger partial charge in [0.15, 0.2) is 5.82 Å². The quantitative estimate of drug-likeness (QED) is 0.546. The van der Waals surface area contributed by atoms with Crippen molar-refractivity contribution in [2.75, 3.05) is 11.4 Å². The lowest BCUT2D eigenvalue weighted by atomic mass is 9.90. The molecule has 3 heterocycles. The van der Waals surface area contributed by atoms with Gasteiger partial charge in [-0.05, 0) is 66.5 Å². The highest BCUT2D eigenvalue weighted by molar-refractivity contribution is 5.97. The summed E-state index contributed by atoms with van der Waals surface area (Å²) in [7, 11) is 0. The van der Waals surface area contributed by atoms with Crippen molar-refractivity contribution in [2.45, 2.75) is 38.0 Å². The van der Waals surface area contributed by atoms with Gasteiger partial charge in [0.05, 0.1) is 0 Å². The van der Waals surface area contributed by atoms with Crippen LogP contribution in [-0.2, 0) is 17.6 Å². The molecule has 0 spiro atoms. The molecule has 1 fully saturated rings. The second-order valence-corrected chi connectivity index (χ2v) is 8.26. The first-order valence-corrected chi connectivity index (χ1v) is 10.6. The third-order valence-corrected chi connectivity index (χ3v) is 6.40. The molecule has 30 heavy (non-hydrogen) atoms. The van der Waals surface area contributed by atoms with Gasteiger partial charge in [0.2, 0.25) is 5.91 Å². The number of aromatic nitrogens is 3. The molecule has 6 nitrogen and oxygen atoms in total. The Labute approximate surface area is 173 Å². The van der Waals surface area contributed by atoms with Gasteiger partial charge in [-0.3, -0.25) is 4.79 Å². The van der Waals surface area contributed by atoms with E-state index in [4.69, 9.17) is 4.52 Å². The molecule has 1 aliphatic carbocycles. The molecule has 2 aliphatic rings. The number of nitrogens with zero attached hydrogens (tertiary/aromatic N) is 3. The summed E-state index contributed by atoms with van der Waals surface area (Å²) in [5, 5.41) is 5.36. The highest BCUT2D eigenvalue weighted by Crippen LogP contribution is 2.36. The molecule has 1 amide bonds. The minimum Gasteiger partial charge on any atom is -0.361 e. The SMILES string of the molecule is O=C1CC(c2noc(-c3ccc4cc[nH]c4c3)n2)CN1c1cccc2c1CCCC2. The van der Waals surface area contributed by atoms with Gasteiger partial charge in [-0.1, -0.05) is 23.4 Å². The van der Waals surface area contributed by atoms with Crippen LogP contribution < -0.4 is 4.90 Å². The van der Waals surface area contributed by atoms with Gasteiger partial charge in [0.25, 0.3) is 5.89 Å². The Kier molecular flexibility index (Phi) is 3.97. The molecule has 6 rings (SSSR count). The number of anilines is 1. The molecule has 150 valence electrons. The Bertz CT molecular complexity index is 1260. The maximum Gasteiger partial charge on any atom is 0.258 e. The maximum atomic E-state index is 12.9. The molecule has 1 saturated heterocycles. The van der Waals surface area contributed by atoms with Crippen LogP contribution in [0.2, 0.25) is 0 Å². The largest absolute Gasteiger partial charge is 0.361 e. The fourth-order valence-electron chi connectivity index (χ4n) is 4.83. The summed E-state index contributed by atoms with van der Waals surface area (Å²) >= 11 is 0. The van der Waals surface area contributed by atoms with E-state index in [2.05, 4.69) is 33.3 Å². The summed E-state index contributed by atoms with van der Waals surface area (Å²) in [6, 6.07) is 14.4.